The summed E-state index contributed by atoms with van der Waals surface area (Å²) in [6.07, 6.45) is 4.10. The first-order valence-electron chi connectivity index (χ1n) is 6.45. The Kier molecular flexibility index (Phi) is 8.15. The number of benzene rings is 2. The quantitative estimate of drug-likeness (QED) is 0.629. The first kappa shape index (κ1) is 18.7. The average Bonchev–Trinajstić information content (AvgIpc) is 2.55. The molecule has 1 aliphatic rings. The van der Waals surface area contributed by atoms with Gasteiger partial charge in [-0.3, -0.25) is 0 Å². The fraction of sp³-hybridized carbons (Fsp3) is 0.125. The molecule has 2 atom stereocenters. The minimum absolute atomic E-state index is 0. The van der Waals surface area contributed by atoms with Gasteiger partial charge in [0.15, 0.2) is 0 Å². The molecule has 1 aliphatic heterocycles. The van der Waals surface area contributed by atoms with Gasteiger partial charge < -0.3 is 9.84 Å². The SMILES string of the molecule is C1=Cc2ccccc2OC1.O=[P+](O)C(O)c1ccccc1.[Zn]. The van der Waals surface area contributed by atoms with Gasteiger partial charge in [0, 0.05) is 30.6 Å². The molecule has 0 amide bonds. The largest absolute Gasteiger partial charge is 0.542 e. The van der Waals surface area contributed by atoms with E-state index in [1.54, 1.807) is 30.3 Å². The first-order valence-corrected chi connectivity index (χ1v) is 7.73. The van der Waals surface area contributed by atoms with E-state index in [1.807, 2.05) is 30.3 Å². The molecule has 0 saturated heterocycles. The molecule has 2 aromatic carbocycles. The summed E-state index contributed by atoms with van der Waals surface area (Å²) < 4.78 is 15.7. The molecule has 2 unspecified atom stereocenters. The van der Waals surface area contributed by atoms with Crippen LogP contribution < -0.4 is 4.74 Å². The second-order valence-corrected chi connectivity index (χ2v) is 5.43. The van der Waals surface area contributed by atoms with Gasteiger partial charge in [-0.15, -0.1) is 0 Å². The van der Waals surface area contributed by atoms with E-state index in [4.69, 9.17) is 14.7 Å². The number of rotatable bonds is 2. The van der Waals surface area contributed by atoms with Crippen molar-refractivity contribution in [3.05, 3.63) is 71.8 Å². The second-order valence-electron chi connectivity index (χ2n) is 4.34. The van der Waals surface area contributed by atoms with E-state index >= 15 is 0 Å². The van der Waals surface area contributed by atoms with Crippen LogP contribution in [0.2, 0.25) is 0 Å². The van der Waals surface area contributed by atoms with Crippen LogP contribution in [-0.4, -0.2) is 16.6 Å². The first-order chi connectivity index (χ1) is 10.2. The normalized spacial score (nSPS) is 13.5. The van der Waals surface area contributed by atoms with E-state index < -0.39 is 13.9 Å². The van der Waals surface area contributed by atoms with Gasteiger partial charge in [-0.05, 0) is 16.7 Å². The summed E-state index contributed by atoms with van der Waals surface area (Å²) in [5.74, 6) is -0.267. The summed E-state index contributed by atoms with van der Waals surface area (Å²) in [7, 11) is -2.53. The Balaban J connectivity index is 0.000000211. The van der Waals surface area contributed by atoms with Gasteiger partial charge >= 0.3 is 13.9 Å². The van der Waals surface area contributed by atoms with Crippen molar-refractivity contribution in [2.75, 3.05) is 6.61 Å². The molecule has 0 saturated carbocycles. The summed E-state index contributed by atoms with van der Waals surface area (Å²) in [4.78, 5) is 8.53. The number of fused-ring (bicyclic) bond motifs is 1. The average molecular weight is 369 g/mol. The van der Waals surface area contributed by atoms with Crippen LogP contribution in [0, 0.1) is 0 Å². The molecule has 6 heteroatoms. The van der Waals surface area contributed by atoms with Crippen molar-refractivity contribution in [1.82, 2.24) is 0 Å². The molecule has 0 spiro atoms. The molecular formula is C16H16O4PZn+. The zero-order chi connectivity index (χ0) is 15.1. The standard InChI is InChI=1S/C9H8O.C7H7O3P.Zn/c1-2-6-9-8(4-1)5-3-7-10-9;8-7(11(9)10)6-4-2-1-3-5-6;/h1-6H,7H2;1-5,7-8H;/p+1. The van der Waals surface area contributed by atoms with Crippen LogP contribution in [0.3, 0.4) is 0 Å². The number of aliphatic hydroxyl groups is 1. The van der Waals surface area contributed by atoms with Crippen molar-refractivity contribution in [3.63, 3.8) is 0 Å². The van der Waals surface area contributed by atoms with Crippen LogP contribution in [0.15, 0.2) is 60.7 Å². The van der Waals surface area contributed by atoms with Crippen LogP contribution in [0.25, 0.3) is 6.08 Å². The Hall–Kier alpha value is -1.38. The van der Waals surface area contributed by atoms with Gasteiger partial charge in [0.2, 0.25) is 0 Å². The van der Waals surface area contributed by atoms with E-state index in [2.05, 4.69) is 6.08 Å². The Morgan fingerprint density at radius 3 is 2.32 bits per heavy atom. The van der Waals surface area contributed by atoms with Crippen molar-refractivity contribution in [1.29, 1.82) is 0 Å². The van der Waals surface area contributed by atoms with E-state index in [1.165, 1.54) is 5.56 Å². The molecule has 2 N–H and O–H groups in total. The molecule has 2 aromatic rings. The number of para-hydroxylation sites is 1. The van der Waals surface area contributed by atoms with Crippen LogP contribution in [0.1, 0.15) is 17.0 Å². The maximum Gasteiger partial charge on any atom is 0.542 e. The van der Waals surface area contributed by atoms with Crippen LogP contribution in [-0.2, 0) is 24.0 Å². The molecule has 0 fully saturated rings. The predicted octanol–water partition coefficient (Wildman–Crippen LogP) is 3.50. The second kappa shape index (κ2) is 9.60. The zero-order valence-corrected chi connectivity index (χ0v) is 15.9. The number of hydrogen-bond donors (Lipinski definition) is 2. The summed E-state index contributed by atoms with van der Waals surface area (Å²) in [6.45, 7) is 0.705. The van der Waals surface area contributed by atoms with E-state index in [9.17, 15) is 4.57 Å². The predicted molar refractivity (Wildman–Crippen MR) is 82.2 cm³/mol. The third-order valence-electron chi connectivity index (χ3n) is 2.86. The fourth-order valence-corrected chi connectivity index (χ4v) is 2.24. The van der Waals surface area contributed by atoms with E-state index in [0.717, 1.165) is 5.75 Å². The van der Waals surface area contributed by atoms with Crippen molar-refractivity contribution < 1.29 is 38.8 Å². The molecule has 0 aromatic heterocycles. The molecule has 110 valence electrons. The van der Waals surface area contributed by atoms with Gasteiger partial charge in [-0.25, -0.2) is 0 Å². The summed E-state index contributed by atoms with van der Waals surface area (Å²) in [6, 6.07) is 16.4. The molecule has 0 radical (unpaired) electrons. The van der Waals surface area contributed by atoms with Crippen LogP contribution in [0.5, 0.6) is 5.75 Å². The van der Waals surface area contributed by atoms with Gasteiger partial charge in [0.25, 0.3) is 0 Å². The molecule has 22 heavy (non-hydrogen) atoms. The molecule has 4 nitrogen and oxygen atoms in total. The van der Waals surface area contributed by atoms with Crippen molar-refractivity contribution >= 4 is 14.1 Å². The molecule has 0 aliphatic carbocycles. The summed E-state index contributed by atoms with van der Waals surface area (Å²) >= 11 is 0. The van der Waals surface area contributed by atoms with E-state index in [0.29, 0.717) is 12.2 Å². The Bertz CT molecular complexity index is 631. The smallest absolute Gasteiger partial charge is 0.489 e. The topological polar surface area (TPSA) is 66.8 Å². The molecule has 1 heterocycles. The maximum absolute atomic E-state index is 10.4. The van der Waals surface area contributed by atoms with Gasteiger partial charge in [-0.1, -0.05) is 54.6 Å². The monoisotopic (exact) mass is 367 g/mol. The Morgan fingerprint density at radius 1 is 1.05 bits per heavy atom. The van der Waals surface area contributed by atoms with Crippen LogP contribution in [0.4, 0.5) is 0 Å². The minimum atomic E-state index is -2.53. The van der Waals surface area contributed by atoms with Gasteiger partial charge in [0.1, 0.15) is 12.4 Å². The number of aliphatic hydroxyl groups excluding tert-OH is 1. The van der Waals surface area contributed by atoms with Crippen molar-refractivity contribution in [2.45, 2.75) is 5.85 Å². The van der Waals surface area contributed by atoms with Gasteiger partial charge in [-0.2, -0.15) is 4.89 Å². The van der Waals surface area contributed by atoms with Crippen molar-refractivity contribution in [3.8, 4) is 5.75 Å². The van der Waals surface area contributed by atoms with Crippen LogP contribution >= 0.6 is 8.03 Å². The summed E-state index contributed by atoms with van der Waals surface area (Å²) in [5.41, 5.74) is 1.64. The Morgan fingerprint density at radius 2 is 1.68 bits per heavy atom. The fourth-order valence-electron chi connectivity index (χ4n) is 1.82. The van der Waals surface area contributed by atoms with E-state index in [-0.39, 0.29) is 19.5 Å². The zero-order valence-electron chi connectivity index (χ0n) is 12.0. The number of ether oxygens (including phenoxy) is 1. The molecule has 0 bridgehead atoms. The number of hydrogen-bond acceptors (Lipinski definition) is 3. The third kappa shape index (κ3) is 5.43. The van der Waals surface area contributed by atoms with Crippen molar-refractivity contribution in [2.24, 2.45) is 0 Å². The summed E-state index contributed by atoms with van der Waals surface area (Å²) in [5, 5.41) is 9.06. The Labute approximate surface area is 143 Å². The molecular weight excluding hydrogens is 353 g/mol. The maximum atomic E-state index is 10.4. The third-order valence-corrected chi connectivity index (χ3v) is 3.57. The molecule has 3 rings (SSSR count). The minimum Gasteiger partial charge on any atom is -0.489 e. The van der Waals surface area contributed by atoms with Gasteiger partial charge in [0.05, 0.1) is 0 Å².